The molecule has 7 heteroatoms. The molecule has 2 heterocycles. The lowest BCUT2D eigenvalue weighted by molar-refractivity contribution is -0.133. The van der Waals surface area contributed by atoms with Crippen molar-refractivity contribution in [2.45, 2.75) is 0 Å². The summed E-state index contributed by atoms with van der Waals surface area (Å²) in [7, 11) is 0. The molecule has 0 bridgehead atoms. The molecule has 6 nitrogen and oxygen atoms in total. The van der Waals surface area contributed by atoms with E-state index >= 15 is 0 Å². The van der Waals surface area contributed by atoms with E-state index in [1.165, 1.54) is 6.20 Å². The van der Waals surface area contributed by atoms with E-state index in [-0.39, 0.29) is 0 Å². The van der Waals surface area contributed by atoms with Crippen LogP contribution in [0.5, 0.6) is 0 Å². The number of benzene rings is 1. The zero-order valence-electron chi connectivity index (χ0n) is 11.3. The molecule has 0 unspecified atom stereocenters. The van der Waals surface area contributed by atoms with E-state index in [0.29, 0.717) is 17.2 Å². The number of nitrogens with one attached hydrogen (secondary N) is 2. The predicted molar refractivity (Wildman–Crippen MR) is 86.6 cm³/mol. The monoisotopic (exact) mass is 358 g/mol. The minimum Gasteiger partial charge on any atom is -0.318 e. The van der Waals surface area contributed by atoms with Crippen molar-refractivity contribution in [3.8, 4) is 0 Å². The Balaban J connectivity index is 1.76. The van der Waals surface area contributed by atoms with E-state index < -0.39 is 11.8 Å². The fraction of sp³-hybridized carbons (Fsp3) is 0. The summed E-state index contributed by atoms with van der Waals surface area (Å²) >= 11 is 3.37. The highest BCUT2D eigenvalue weighted by atomic mass is 79.9. The molecule has 3 rings (SSSR count). The summed E-state index contributed by atoms with van der Waals surface area (Å²) < 4.78 is 2.47. The Labute approximate surface area is 134 Å². The first-order chi connectivity index (χ1) is 10.6. The van der Waals surface area contributed by atoms with Crippen LogP contribution in [0.4, 0.5) is 11.5 Å². The first kappa shape index (κ1) is 14.3. The third-order valence-electron chi connectivity index (χ3n) is 2.97. The van der Waals surface area contributed by atoms with Crippen molar-refractivity contribution in [1.29, 1.82) is 0 Å². The molecule has 2 N–H and O–H groups in total. The SMILES string of the molecule is O=C(Nc1ccccc1)C(=O)Nc1cnc2c(Br)cccn12. The molecule has 0 saturated carbocycles. The summed E-state index contributed by atoms with van der Waals surface area (Å²) in [6.45, 7) is 0. The van der Waals surface area contributed by atoms with Crippen molar-refractivity contribution in [3.63, 3.8) is 0 Å². The normalized spacial score (nSPS) is 10.4. The van der Waals surface area contributed by atoms with Crippen molar-refractivity contribution in [3.05, 3.63) is 59.3 Å². The zero-order chi connectivity index (χ0) is 15.5. The van der Waals surface area contributed by atoms with Gasteiger partial charge in [0, 0.05) is 11.9 Å². The van der Waals surface area contributed by atoms with Gasteiger partial charge in [0.1, 0.15) is 5.82 Å². The summed E-state index contributed by atoms with van der Waals surface area (Å²) in [6, 6.07) is 12.4. The van der Waals surface area contributed by atoms with Crippen LogP contribution in [0.15, 0.2) is 59.3 Å². The van der Waals surface area contributed by atoms with Crippen LogP contribution < -0.4 is 10.6 Å². The van der Waals surface area contributed by atoms with Crippen molar-refractivity contribution in [2.24, 2.45) is 0 Å². The second kappa shape index (κ2) is 5.98. The van der Waals surface area contributed by atoms with E-state index in [2.05, 4.69) is 31.5 Å². The van der Waals surface area contributed by atoms with Gasteiger partial charge < -0.3 is 10.6 Å². The number of fused-ring (bicyclic) bond motifs is 1. The fourth-order valence-electron chi connectivity index (χ4n) is 1.95. The lowest BCUT2D eigenvalue weighted by atomic mass is 10.3. The molecule has 3 aromatic rings. The molecule has 2 amide bonds. The Morgan fingerprint density at radius 1 is 1.00 bits per heavy atom. The summed E-state index contributed by atoms with van der Waals surface area (Å²) in [4.78, 5) is 28.0. The molecule has 2 aromatic heterocycles. The van der Waals surface area contributed by atoms with Crippen molar-refractivity contribution < 1.29 is 9.59 Å². The molecule has 0 aliphatic heterocycles. The molecular formula is C15H11BrN4O2. The first-order valence-corrected chi connectivity index (χ1v) is 7.23. The standard InChI is InChI=1S/C15H11BrN4O2/c16-11-7-4-8-20-12(9-17-13(11)20)19-15(22)14(21)18-10-5-2-1-3-6-10/h1-9H,(H,18,21)(H,19,22). The molecule has 0 fully saturated rings. The van der Waals surface area contributed by atoms with Gasteiger partial charge in [-0.15, -0.1) is 0 Å². The van der Waals surface area contributed by atoms with Gasteiger partial charge in [-0.1, -0.05) is 18.2 Å². The third-order valence-corrected chi connectivity index (χ3v) is 3.59. The number of imidazole rings is 1. The number of halogens is 1. The highest BCUT2D eigenvalue weighted by Crippen LogP contribution is 2.20. The molecule has 0 saturated heterocycles. The molecular weight excluding hydrogens is 348 g/mol. The number of aromatic nitrogens is 2. The number of carbonyl (C=O) groups is 2. The van der Waals surface area contributed by atoms with Crippen LogP contribution in [0.1, 0.15) is 0 Å². The van der Waals surface area contributed by atoms with Crippen molar-refractivity contribution in [2.75, 3.05) is 10.6 Å². The van der Waals surface area contributed by atoms with Gasteiger partial charge in [0.05, 0.1) is 10.7 Å². The quantitative estimate of drug-likeness (QED) is 0.691. The van der Waals surface area contributed by atoms with Gasteiger partial charge >= 0.3 is 11.8 Å². The zero-order valence-corrected chi connectivity index (χ0v) is 12.9. The van der Waals surface area contributed by atoms with E-state index in [4.69, 9.17) is 0 Å². The number of hydrogen-bond donors (Lipinski definition) is 2. The largest absolute Gasteiger partial charge is 0.318 e. The van der Waals surface area contributed by atoms with Gasteiger partial charge in [-0.3, -0.25) is 14.0 Å². The predicted octanol–water partition coefficient (Wildman–Crippen LogP) is 2.67. The van der Waals surface area contributed by atoms with Crippen LogP contribution in [0.2, 0.25) is 0 Å². The molecule has 22 heavy (non-hydrogen) atoms. The van der Waals surface area contributed by atoms with Gasteiger partial charge in [0.25, 0.3) is 0 Å². The number of rotatable bonds is 2. The second-order valence-electron chi connectivity index (χ2n) is 4.47. The van der Waals surface area contributed by atoms with Crippen LogP contribution in [0.25, 0.3) is 5.65 Å². The van der Waals surface area contributed by atoms with Crippen LogP contribution in [-0.2, 0) is 9.59 Å². The highest BCUT2D eigenvalue weighted by molar-refractivity contribution is 9.10. The van der Waals surface area contributed by atoms with Gasteiger partial charge in [0.2, 0.25) is 0 Å². The maximum atomic E-state index is 12.0. The van der Waals surface area contributed by atoms with Gasteiger partial charge in [0.15, 0.2) is 5.65 Å². The Bertz CT molecular complexity index is 845. The minimum atomic E-state index is -0.759. The third kappa shape index (κ3) is 2.84. The second-order valence-corrected chi connectivity index (χ2v) is 5.32. The van der Waals surface area contributed by atoms with Gasteiger partial charge in [-0.05, 0) is 40.2 Å². The van der Waals surface area contributed by atoms with Crippen LogP contribution in [0, 0.1) is 0 Å². The Hall–Kier alpha value is -2.67. The van der Waals surface area contributed by atoms with Crippen LogP contribution in [-0.4, -0.2) is 21.2 Å². The first-order valence-electron chi connectivity index (χ1n) is 6.44. The van der Waals surface area contributed by atoms with E-state index in [1.54, 1.807) is 40.9 Å². The Morgan fingerprint density at radius 2 is 1.73 bits per heavy atom. The number of carbonyl (C=O) groups excluding carboxylic acids is 2. The number of para-hydroxylation sites is 1. The molecule has 0 spiro atoms. The maximum Gasteiger partial charge on any atom is 0.315 e. The maximum absolute atomic E-state index is 12.0. The van der Waals surface area contributed by atoms with E-state index in [9.17, 15) is 9.59 Å². The van der Waals surface area contributed by atoms with Crippen molar-refractivity contribution in [1.82, 2.24) is 9.38 Å². The molecule has 110 valence electrons. The number of hydrogen-bond acceptors (Lipinski definition) is 3. The molecule has 0 aliphatic rings. The fourth-order valence-corrected chi connectivity index (χ4v) is 2.40. The molecule has 0 radical (unpaired) electrons. The summed E-state index contributed by atoms with van der Waals surface area (Å²) in [5, 5.41) is 5.06. The number of amides is 2. The topological polar surface area (TPSA) is 75.5 Å². The number of nitrogens with zero attached hydrogens (tertiary/aromatic N) is 2. The van der Waals surface area contributed by atoms with Gasteiger partial charge in [-0.25, -0.2) is 4.98 Å². The smallest absolute Gasteiger partial charge is 0.315 e. The molecule has 1 aromatic carbocycles. The highest BCUT2D eigenvalue weighted by Gasteiger charge is 2.16. The van der Waals surface area contributed by atoms with Crippen LogP contribution in [0.3, 0.4) is 0 Å². The Morgan fingerprint density at radius 3 is 2.50 bits per heavy atom. The molecule has 0 atom stereocenters. The summed E-state index contributed by atoms with van der Waals surface area (Å²) in [5.41, 5.74) is 1.21. The molecule has 0 aliphatic carbocycles. The van der Waals surface area contributed by atoms with Crippen LogP contribution >= 0.6 is 15.9 Å². The average molecular weight is 359 g/mol. The number of anilines is 2. The van der Waals surface area contributed by atoms with E-state index in [1.807, 2.05) is 12.1 Å². The summed E-state index contributed by atoms with van der Waals surface area (Å²) in [5.74, 6) is -1.08. The minimum absolute atomic E-state index is 0.421. The lowest BCUT2D eigenvalue weighted by Crippen LogP contribution is -2.29. The van der Waals surface area contributed by atoms with E-state index in [0.717, 1.165) is 4.47 Å². The Kier molecular flexibility index (Phi) is 3.88. The van der Waals surface area contributed by atoms with Gasteiger partial charge in [-0.2, -0.15) is 0 Å². The number of pyridine rings is 1. The summed E-state index contributed by atoms with van der Waals surface area (Å²) in [6.07, 6.45) is 3.24. The van der Waals surface area contributed by atoms with Crippen molar-refractivity contribution >= 4 is 44.9 Å². The average Bonchev–Trinajstić information content (AvgIpc) is 2.93. The lowest BCUT2D eigenvalue weighted by Gasteiger charge is -2.06.